The minimum Gasteiger partial charge on any atom is -0.496 e. The average Bonchev–Trinajstić information content (AvgIpc) is 0.706. The van der Waals surface area contributed by atoms with E-state index in [0.29, 0.717) is 75.4 Å². The van der Waals surface area contributed by atoms with Crippen LogP contribution in [-0.2, 0) is 54.8 Å². The minimum absolute atomic E-state index is 0.206. The summed E-state index contributed by atoms with van der Waals surface area (Å²) in [5.41, 5.74) is 39.8. The molecule has 9 nitrogen and oxygen atoms in total. The summed E-state index contributed by atoms with van der Waals surface area (Å²) in [6.45, 7) is 29.6. The zero-order valence-corrected chi connectivity index (χ0v) is 79.9. The number of ether oxygens (including phenoxy) is 6. The molecular weight excluding hydrogens is 1470 g/mol. The Morgan fingerprint density at radius 1 is 0.200 bits per heavy atom. The molecule has 12 bridgehead atoms. The maximum Gasteiger partial charge on any atom is 0.126 e. The summed E-state index contributed by atoms with van der Waals surface area (Å²) in [5, 5.41) is 0. The Kier molecular flexibility index (Phi) is 46.7. The Hall–Kier alpha value is -6.48. The molecule has 0 radical (unpaired) electrons. The molecule has 672 valence electrons. The summed E-state index contributed by atoms with van der Waals surface area (Å²) in [6.07, 6.45) is 66.4. The van der Waals surface area contributed by atoms with E-state index in [0.717, 1.165) is 140 Å². The van der Waals surface area contributed by atoms with Crippen molar-refractivity contribution >= 4 is 17.1 Å². The van der Waals surface area contributed by atoms with Gasteiger partial charge in [0.05, 0.1) is 41.2 Å². The van der Waals surface area contributed by atoms with Crippen molar-refractivity contribution in [2.45, 2.75) is 446 Å². The zero-order valence-electron chi connectivity index (χ0n) is 79.9. The molecule has 0 atom stereocenters. The fourth-order valence-corrected chi connectivity index (χ4v) is 18.5. The van der Waals surface area contributed by atoms with Crippen molar-refractivity contribution in [2.24, 2.45) is 0 Å². The SMILES string of the molecule is CCCCCCCCCCCCCCCCCCOc1c2cc(N)cc1Cc1cc(C(C)(C)C)cc(c1OC)Cc1cc(N)cc(c1OCCCCCCCCCCCCCCCCCC)Cc1cc(C(C)(C)C)cc(c1OC)Cc1cc(N)cc(c1OCCCCCCCCCCCCCCCCCC)Cc1cc(C(C)(C)C)cc(c1OC)C2. The molecule has 0 saturated carbocycles. The van der Waals surface area contributed by atoms with E-state index in [1.54, 1.807) is 0 Å². The Bertz CT molecular complexity index is 3310. The molecule has 0 fully saturated rings. The summed E-state index contributed by atoms with van der Waals surface area (Å²) >= 11 is 0. The molecule has 6 aromatic rings. The molecule has 7 rings (SSSR count). The van der Waals surface area contributed by atoms with Crippen LogP contribution >= 0.6 is 0 Å². The van der Waals surface area contributed by atoms with E-state index in [1.165, 1.54) is 286 Å². The average molecular weight is 1650 g/mol. The van der Waals surface area contributed by atoms with Gasteiger partial charge in [-0.2, -0.15) is 0 Å². The highest BCUT2D eigenvalue weighted by Gasteiger charge is 2.29. The first-order valence-corrected chi connectivity index (χ1v) is 49.7. The number of anilines is 3. The van der Waals surface area contributed by atoms with Crippen molar-refractivity contribution in [1.82, 2.24) is 0 Å². The predicted molar refractivity (Wildman–Crippen MR) is 520 cm³/mol. The molecular formula is C111H177N3O6. The third-order valence-corrected chi connectivity index (χ3v) is 25.8. The number of fused-ring (bicyclic) bond motifs is 12. The number of nitrogens with two attached hydrogens (primary N) is 3. The highest BCUT2D eigenvalue weighted by Crippen LogP contribution is 2.46. The lowest BCUT2D eigenvalue weighted by Gasteiger charge is -2.27. The minimum atomic E-state index is -0.206. The summed E-state index contributed by atoms with van der Waals surface area (Å²) in [4.78, 5) is 0. The monoisotopic (exact) mass is 1650 g/mol. The van der Waals surface area contributed by atoms with Crippen LogP contribution in [0.3, 0.4) is 0 Å². The molecule has 9 heteroatoms. The van der Waals surface area contributed by atoms with Crippen LogP contribution in [0.4, 0.5) is 17.1 Å². The van der Waals surface area contributed by atoms with Gasteiger partial charge >= 0.3 is 0 Å². The number of nitrogen functional groups attached to an aromatic ring is 3. The standard InChI is InChI=1S/C111H177N3O6/c1-16-19-22-25-28-31-34-37-40-43-46-49-52-55-58-61-64-118-106-91-67-85-73-97(109(4,5)6)75-87(103(85)115-13)69-93-81-101(113)83-95(107(93)119-65-62-59-56-53-50-47-44-41-38-35-32-29-26-23-20-17-2)71-89-77-99(111(10,11)12)78-90(105(89)117-15)72-96-84-102(114)82-94(108(96)120-66-63-60-57-54-51-48-45-42-39-36-33-30-27-24-21-18-3)70-88-76-98(110(7,8)9)74-86(104(88)116-14)68-92(106)80-100(112)79-91/h73-84H,16-72,112-114H2,1-15H3. The summed E-state index contributed by atoms with van der Waals surface area (Å²) in [6, 6.07) is 27.2. The third kappa shape index (κ3) is 36.0. The summed E-state index contributed by atoms with van der Waals surface area (Å²) in [7, 11) is 5.52. The second-order valence-corrected chi connectivity index (χ2v) is 39.8. The van der Waals surface area contributed by atoms with Gasteiger partial charge in [0.1, 0.15) is 34.5 Å². The number of benzene rings is 6. The molecule has 120 heavy (non-hydrogen) atoms. The van der Waals surface area contributed by atoms with Gasteiger partial charge < -0.3 is 45.6 Å². The van der Waals surface area contributed by atoms with Crippen LogP contribution in [0.25, 0.3) is 0 Å². The van der Waals surface area contributed by atoms with E-state index >= 15 is 0 Å². The van der Waals surface area contributed by atoms with Crippen molar-refractivity contribution in [1.29, 1.82) is 0 Å². The van der Waals surface area contributed by atoms with Crippen LogP contribution in [-0.4, -0.2) is 41.2 Å². The largest absolute Gasteiger partial charge is 0.496 e. The Labute approximate surface area is 736 Å². The van der Waals surface area contributed by atoms with Gasteiger partial charge in [-0.05, 0) is 122 Å². The molecule has 6 N–H and O–H groups in total. The third-order valence-electron chi connectivity index (χ3n) is 25.8. The van der Waals surface area contributed by atoms with Gasteiger partial charge in [0.25, 0.3) is 0 Å². The summed E-state index contributed by atoms with van der Waals surface area (Å²) in [5.74, 6) is 5.21. The van der Waals surface area contributed by atoms with Gasteiger partial charge in [-0.3, -0.25) is 0 Å². The van der Waals surface area contributed by atoms with Crippen LogP contribution in [0.5, 0.6) is 34.5 Å². The van der Waals surface area contributed by atoms with Gasteiger partial charge in [0, 0.05) is 89.0 Å². The van der Waals surface area contributed by atoms with Crippen LogP contribution in [0, 0.1) is 0 Å². The highest BCUT2D eigenvalue weighted by molar-refractivity contribution is 5.64. The highest BCUT2D eigenvalue weighted by atomic mass is 16.5. The second-order valence-electron chi connectivity index (χ2n) is 39.8. The van der Waals surface area contributed by atoms with Crippen LogP contribution in [0.15, 0.2) is 72.8 Å². The molecule has 0 aromatic heterocycles. The number of methoxy groups -OCH3 is 3. The lowest BCUT2D eigenvalue weighted by atomic mass is 9.81. The van der Waals surface area contributed by atoms with E-state index in [4.69, 9.17) is 45.6 Å². The van der Waals surface area contributed by atoms with Crippen LogP contribution in [0.1, 0.15) is 475 Å². The first-order valence-electron chi connectivity index (χ1n) is 49.7. The Morgan fingerprint density at radius 3 is 0.467 bits per heavy atom. The smallest absolute Gasteiger partial charge is 0.126 e. The van der Waals surface area contributed by atoms with Crippen molar-refractivity contribution in [3.63, 3.8) is 0 Å². The van der Waals surface area contributed by atoms with E-state index in [2.05, 4.69) is 156 Å². The first kappa shape index (κ1) is 101. The molecule has 0 aliphatic heterocycles. The topological polar surface area (TPSA) is 133 Å². The van der Waals surface area contributed by atoms with Crippen LogP contribution < -0.4 is 45.6 Å². The summed E-state index contributed by atoms with van der Waals surface area (Å²) < 4.78 is 42.5. The fraction of sp³-hybridized carbons (Fsp3) is 0.676. The van der Waals surface area contributed by atoms with Crippen molar-refractivity contribution in [3.8, 4) is 34.5 Å². The quantitative estimate of drug-likeness (QED) is 0.0252. The number of unbranched alkanes of at least 4 members (excludes halogenated alkanes) is 45. The van der Waals surface area contributed by atoms with Gasteiger partial charge in [0.15, 0.2) is 0 Å². The zero-order chi connectivity index (χ0) is 86.4. The van der Waals surface area contributed by atoms with E-state index in [9.17, 15) is 0 Å². The number of hydrogen-bond donors (Lipinski definition) is 3. The van der Waals surface area contributed by atoms with E-state index < -0.39 is 0 Å². The van der Waals surface area contributed by atoms with Crippen molar-refractivity contribution in [2.75, 3.05) is 58.4 Å². The Balaban J connectivity index is 1.30. The molecule has 6 aromatic carbocycles. The van der Waals surface area contributed by atoms with Crippen LogP contribution in [0.2, 0.25) is 0 Å². The number of hydrogen-bond acceptors (Lipinski definition) is 9. The molecule has 0 heterocycles. The molecule has 0 amide bonds. The predicted octanol–water partition coefficient (Wildman–Crippen LogP) is 32.1. The fourth-order valence-electron chi connectivity index (χ4n) is 18.5. The normalized spacial score (nSPS) is 12.7. The van der Waals surface area contributed by atoms with Gasteiger partial charge in [-0.25, -0.2) is 0 Å². The van der Waals surface area contributed by atoms with Gasteiger partial charge in [-0.15, -0.1) is 0 Å². The molecule has 0 spiro atoms. The molecule has 0 saturated heterocycles. The second kappa shape index (κ2) is 55.7. The Morgan fingerprint density at radius 2 is 0.333 bits per heavy atom. The maximum absolute atomic E-state index is 7.38. The van der Waals surface area contributed by atoms with Crippen molar-refractivity contribution in [3.05, 3.63) is 156 Å². The first-order chi connectivity index (χ1) is 58.0. The van der Waals surface area contributed by atoms with E-state index in [1.807, 2.05) is 21.3 Å². The lowest BCUT2D eigenvalue weighted by molar-refractivity contribution is 0.299. The van der Waals surface area contributed by atoms with Crippen molar-refractivity contribution < 1.29 is 28.4 Å². The molecule has 1 aliphatic rings. The molecule has 1 aliphatic carbocycles. The van der Waals surface area contributed by atoms with Gasteiger partial charge in [-0.1, -0.05) is 408 Å². The maximum atomic E-state index is 7.38. The van der Waals surface area contributed by atoms with E-state index in [-0.39, 0.29) is 16.2 Å². The van der Waals surface area contributed by atoms with Gasteiger partial charge in [0.2, 0.25) is 0 Å². The lowest BCUT2D eigenvalue weighted by Crippen LogP contribution is -2.15. The number of rotatable bonds is 57. The molecule has 0 unspecified atom stereocenters.